The number of carbonyl (C=O) groups is 2. The quantitative estimate of drug-likeness (QED) is 0.286. The summed E-state index contributed by atoms with van der Waals surface area (Å²) in [5.41, 5.74) is 1.58. The van der Waals surface area contributed by atoms with Gasteiger partial charge in [-0.25, -0.2) is 4.79 Å². The van der Waals surface area contributed by atoms with E-state index in [2.05, 4.69) is 33.4 Å². The lowest BCUT2D eigenvalue weighted by Crippen LogP contribution is -2.54. The molecule has 0 aromatic rings. The number of hydrogen-bond donors (Lipinski definition) is 2. The molecule has 4 heteroatoms. The number of hydrogen-bond acceptors (Lipinski definition) is 2. The predicted octanol–water partition coefficient (Wildman–Crippen LogP) is 7.10. The minimum absolute atomic E-state index is 0.170. The van der Waals surface area contributed by atoms with Crippen LogP contribution in [0.2, 0.25) is 0 Å². The van der Waals surface area contributed by atoms with Crippen LogP contribution in [0, 0.1) is 45.3 Å². The number of carboxylic acid groups (broad SMARTS) is 2. The molecule has 0 aromatic heterocycles. The first-order valence-electron chi connectivity index (χ1n) is 13.2. The van der Waals surface area contributed by atoms with Crippen molar-refractivity contribution in [3.05, 3.63) is 24.3 Å². The summed E-state index contributed by atoms with van der Waals surface area (Å²) >= 11 is 0. The van der Waals surface area contributed by atoms with E-state index >= 15 is 0 Å². The summed E-state index contributed by atoms with van der Waals surface area (Å²) in [5, 5.41) is 18.6. The Bertz CT molecular complexity index is 860. The molecule has 4 rings (SSSR count). The maximum Gasteiger partial charge on any atom is 0.330 e. The number of aliphatic carboxylic acids is 2. The minimum atomic E-state index is -0.813. The van der Waals surface area contributed by atoms with Gasteiger partial charge >= 0.3 is 11.9 Å². The summed E-state index contributed by atoms with van der Waals surface area (Å²) in [6, 6.07) is 0. The highest BCUT2D eigenvalue weighted by Gasteiger charge is 2.79. The van der Waals surface area contributed by atoms with Gasteiger partial charge in [0.1, 0.15) is 0 Å². The van der Waals surface area contributed by atoms with Crippen molar-refractivity contribution in [3.63, 3.8) is 0 Å². The Morgan fingerprint density at radius 3 is 2.45 bits per heavy atom. The summed E-state index contributed by atoms with van der Waals surface area (Å²) in [7, 11) is 0. The van der Waals surface area contributed by atoms with Crippen LogP contribution in [0.1, 0.15) is 98.3 Å². The van der Waals surface area contributed by atoms with Gasteiger partial charge < -0.3 is 10.2 Å². The van der Waals surface area contributed by atoms with Gasteiger partial charge in [0, 0.05) is 12.0 Å². The topological polar surface area (TPSA) is 74.6 Å². The highest BCUT2D eigenvalue weighted by atomic mass is 16.4. The fourth-order valence-electron chi connectivity index (χ4n) is 9.80. The molecule has 2 N–H and O–H groups in total. The molecule has 0 saturated heterocycles. The summed E-state index contributed by atoms with van der Waals surface area (Å²) in [6.07, 6.45) is 15.7. The van der Waals surface area contributed by atoms with Crippen molar-refractivity contribution < 1.29 is 19.8 Å². The normalized spacial score (nSPS) is 44.8. The first kappa shape index (κ1) is 24.5. The van der Waals surface area contributed by atoms with E-state index < -0.39 is 11.9 Å². The van der Waals surface area contributed by atoms with Crippen LogP contribution in [0.15, 0.2) is 24.3 Å². The van der Waals surface area contributed by atoms with E-state index in [-0.39, 0.29) is 11.8 Å². The molecule has 0 radical (unpaired) electrons. The van der Waals surface area contributed by atoms with Gasteiger partial charge in [0.05, 0.1) is 0 Å². The Morgan fingerprint density at radius 1 is 1.09 bits per heavy atom. The zero-order chi connectivity index (χ0) is 24.2. The van der Waals surface area contributed by atoms with E-state index in [4.69, 9.17) is 5.11 Å². The van der Waals surface area contributed by atoms with E-state index in [0.717, 1.165) is 19.3 Å². The Labute approximate surface area is 199 Å². The SMILES string of the molecule is C=C[C@@H]1CC[C@@H]2[C@]3(CC[C@]4(C)[C@@H]([C@H](C)CC/C=C(/C)C(=O)O)CC[C@@]24C)C[C@]13CCC(=O)O. The fourth-order valence-corrected chi connectivity index (χ4v) is 9.80. The summed E-state index contributed by atoms with van der Waals surface area (Å²) in [6.45, 7) is 13.4. The van der Waals surface area contributed by atoms with E-state index in [1.54, 1.807) is 6.92 Å². The average molecular weight is 457 g/mol. The van der Waals surface area contributed by atoms with Gasteiger partial charge in [0.15, 0.2) is 0 Å². The molecule has 0 heterocycles. The lowest BCUT2D eigenvalue weighted by Gasteiger charge is -2.61. The van der Waals surface area contributed by atoms with Gasteiger partial charge in [-0.05, 0) is 116 Å². The van der Waals surface area contributed by atoms with E-state index in [9.17, 15) is 14.7 Å². The van der Waals surface area contributed by atoms with Crippen LogP contribution in [0.3, 0.4) is 0 Å². The van der Waals surface area contributed by atoms with Crippen molar-refractivity contribution in [2.24, 2.45) is 45.3 Å². The molecule has 0 unspecified atom stereocenters. The van der Waals surface area contributed by atoms with Crippen LogP contribution in [-0.4, -0.2) is 22.2 Å². The Kier molecular flexibility index (Phi) is 6.15. The third kappa shape index (κ3) is 3.45. The van der Waals surface area contributed by atoms with Crippen molar-refractivity contribution in [3.8, 4) is 0 Å². The highest BCUT2D eigenvalue weighted by Crippen LogP contribution is 2.87. The first-order valence-corrected chi connectivity index (χ1v) is 13.2. The van der Waals surface area contributed by atoms with Gasteiger partial charge in [-0.2, -0.15) is 0 Å². The molecule has 4 aliphatic rings. The van der Waals surface area contributed by atoms with Crippen LogP contribution < -0.4 is 0 Å². The van der Waals surface area contributed by atoms with E-state index in [1.807, 2.05) is 6.08 Å². The Hall–Kier alpha value is -1.58. The van der Waals surface area contributed by atoms with Crippen LogP contribution in [0.4, 0.5) is 0 Å². The highest BCUT2D eigenvalue weighted by molar-refractivity contribution is 5.85. The van der Waals surface area contributed by atoms with Crippen LogP contribution in [0.25, 0.3) is 0 Å². The molecule has 1 spiro atoms. The lowest BCUT2D eigenvalue weighted by atomic mass is 9.44. The molecule has 4 nitrogen and oxygen atoms in total. The largest absolute Gasteiger partial charge is 0.481 e. The third-order valence-corrected chi connectivity index (χ3v) is 11.8. The van der Waals surface area contributed by atoms with E-state index in [0.29, 0.717) is 45.5 Å². The minimum Gasteiger partial charge on any atom is -0.481 e. The summed E-state index contributed by atoms with van der Waals surface area (Å²) < 4.78 is 0. The number of allylic oxidation sites excluding steroid dienone is 2. The van der Waals surface area contributed by atoms with E-state index in [1.165, 1.54) is 44.9 Å². The molecule has 8 atom stereocenters. The van der Waals surface area contributed by atoms with Crippen LogP contribution in [-0.2, 0) is 9.59 Å². The molecule has 4 saturated carbocycles. The molecule has 0 bridgehead atoms. The number of rotatable bonds is 9. The van der Waals surface area contributed by atoms with Crippen molar-refractivity contribution in [1.82, 2.24) is 0 Å². The molecule has 4 aliphatic carbocycles. The average Bonchev–Trinajstić information content (AvgIpc) is 3.35. The van der Waals surface area contributed by atoms with Gasteiger partial charge in [-0.1, -0.05) is 32.9 Å². The third-order valence-electron chi connectivity index (χ3n) is 11.8. The zero-order valence-electron chi connectivity index (χ0n) is 21.2. The maximum atomic E-state index is 11.5. The smallest absolute Gasteiger partial charge is 0.330 e. The molecule has 0 aliphatic heterocycles. The van der Waals surface area contributed by atoms with Gasteiger partial charge in [-0.3, -0.25) is 4.79 Å². The lowest BCUT2D eigenvalue weighted by molar-refractivity contribution is -0.139. The molecule has 33 heavy (non-hydrogen) atoms. The summed E-state index contributed by atoms with van der Waals surface area (Å²) in [4.78, 5) is 22.6. The molecular formula is C29H44O4. The Morgan fingerprint density at radius 2 is 1.82 bits per heavy atom. The fraction of sp³-hybridized carbons (Fsp3) is 0.793. The second kappa shape index (κ2) is 8.27. The molecule has 0 aromatic carbocycles. The van der Waals surface area contributed by atoms with Crippen molar-refractivity contribution >= 4 is 11.9 Å². The molecule has 4 fully saturated rings. The van der Waals surface area contributed by atoms with Crippen LogP contribution in [0.5, 0.6) is 0 Å². The standard InChI is InChI=1S/C29H44O4/c1-6-21-10-11-23-27(5)14-12-22(19(2)8-7-9-20(3)25(32)33)26(27,4)16-17-29(23)18-28(21,29)15-13-24(30)31/h6,9,19,21-23H,1,7-8,10-18H2,2-5H3,(H,30,31)(H,32,33)/b20-9-/t19-,21-,22-,23+,26-,27+,28-,29+/m1/s1. The Balaban J connectivity index is 1.55. The van der Waals surface area contributed by atoms with Crippen molar-refractivity contribution in [2.45, 2.75) is 98.3 Å². The van der Waals surface area contributed by atoms with Crippen molar-refractivity contribution in [1.29, 1.82) is 0 Å². The number of carboxylic acids is 2. The second-order valence-corrected chi connectivity index (χ2v) is 12.6. The monoisotopic (exact) mass is 456 g/mol. The van der Waals surface area contributed by atoms with Crippen molar-refractivity contribution in [2.75, 3.05) is 0 Å². The zero-order valence-corrected chi connectivity index (χ0v) is 21.2. The first-order chi connectivity index (χ1) is 15.5. The molecule has 0 amide bonds. The maximum absolute atomic E-state index is 11.5. The molecular weight excluding hydrogens is 412 g/mol. The molecule has 184 valence electrons. The predicted molar refractivity (Wildman–Crippen MR) is 131 cm³/mol. The summed E-state index contributed by atoms with van der Waals surface area (Å²) in [5.74, 6) is 0.963. The van der Waals surface area contributed by atoms with Gasteiger partial charge in [0.25, 0.3) is 0 Å². The second-order valence-electron chi connectivity index (χ2n) is 12.6. The van der Waals surface area contributed by atoms with Gasteiger partial charge in [-0.15, -0.1) is 6.58 Å². The van der Waals surface area contributed by atoms with Gasteiger partial charge in [0.2, 0.25) is 0 Å². The van der Waals surface area contributed by atoms with Crippen LogP contribution >= 0.6 is 0 Å². The number of fused-ring (bicyclic) bond motifs is 2.